The monoisotopic (exact) mass is 367 g/mol. The lowest BCUT2D eigenvalue weighted by Crippen LogP contribution is -2.50. The molecule has 0 aliphatic carbocycles. The number of nitrogens with zero attached hydrogens (tertiary/aromatic N) is 1. The van der Waals surface area contributed by atoms with Gasteiger partial charge in [0.05, 0.1) is 18.8 Å². The number of hydrogen-bond donors (Lipinski definition) is 2. The highest BCUT2D eigenvalue weighted by atomic mass is 16.5. The van der Waals surface area contributed by atoms with E-state index in [1.165, 1.54) is 6.92 Å². The summed E-state index contributed by atoms with van der Waals surface area (Å²) in [6, 6.07) is 14.0. The van der Waals surface area contributed by atoms with Crippen LogP contribution in [0.15, 0.2) is 48.5 Å². The van der Waals surface area contributed by atoms with Crippen molar-refractivity contribution >= 4 is 29.0 Å². The molecule has 0 spiro atoms. The number of carbonyl (C=O) groups is 3. The highest BCUT2D eigenvalue weighted by molar-refractivity contribution is 5.97. The smallest absolute Gasteiger partial charge is 0.262 e. The van der Waals surface area contributed by atoms with Gasteiger partial charge < -0.3 is 20.3 Å². The Hall–Kier alpha value is -3.35. The van der Waals surface area contributed by atoms with Gasteiger partial charge in [0.15, 0.2) is 11.9 Å². The maximum absolute atomic E-state index is 12.5. The normalized spacial score (nSPS) is 15.3. The van der Waals surface area contributed by atoms with Gasteiger partial charge in [0.25, 0.3) is 5.91 Å². The van der Waals surface area contributed by atoms with E-state index in [-0.39, 0.29) is 30.7 Å². The summed E-state index contributed by atoms with van der Waals surface area (Å²) in [6.07, 6.45) is -0.687. The molecule has 2 amide bonds. The Morgan fingerprint density at radius 1 is 1.11 bits per heavy atom. The van der Waals surface area contributed by atoms with Crippen LogP contribution in [0, 0.1) is 0 Å². The number of Topliss-reactive ketones (excluding diaryl/α,β-unsaturated/α-hetero) is 1. The number of fused-ring (bicyclic) bond motifs is 1. The molecular formula is C20H21N3O4. The molecule has 0 radical (unpaired) electrons. The average molecular weight is 367 g/mol. The van der Waals surface area contributed by atoms with Crippen LogP contribution in [0.3, 0.4) is 0 Å². The molecule has 2 aromatic carbocycles. The van der Waals surface area contributed by atoms with Crippen molar-refractivity contribution in [2.45, 2.75) is 13.0 Å². The van der Waals surface area contributed by atoms with Crippen molar-refractivity contribution in [2.24, 2.45) is 0 Å². The molecule has 140 valence electrons. The van der Waals surface area contributed by atoms with E-state index in [9.17, 15) is 14.4 Å². The third-order valence-electron chi connectivity index (χ3n) is 4.31. The van der Waals surface area contributed by atoms with Gasteiger partial charge in [-0.3, -0.25) is 14.4 Å². The maximum atomic E-state index is 12.5. The molecule has 0 saturated carbocycles. The van der Waals surface area contributed by atoms with Crippen molar-refractivity contribution in [1.29, 1.82) is 0 Å². The molecular weight excluding hydrogens is 346 g/mol. The number of benzene rings is 2. The van der Waals surface area contributed by atoms with Crippen LogP contribution in [0.4, 0.5) is 11.4 Å². The van der Waals surface area contributed by atoms with Gasteiger partial charge in [0.1, 0.15) is 5.75 Å². The van der Waals surface area contributed by atoms with E-state index in [0.717, 1.165) is 5.69 Å². The first-order valence-electron chi connectivity index (χ1n) is 8.61. The summed E-state index contributed by atoms with van der Waals surface area (Å²) in [7, 11) is 1.55. The predicted molar refractivity (Wildman–Crippen MR) is 102 cm³/mol. The summed E-state index contributed by atoms with van der Waals surface area (Å²) in [5, 5.41) is 5.39. The highest BCUT2D eigenvalue weighted by Gasteiger charge is 2.30. The van der Waals surface area contributed by atoms with E-state index in [4.69, 9.17) is 4.74 Å². The Kier molecular flexibility index (Phi) is 5.40. The minimum atomic E-state index is -0.687. The molecule has 3 rings (SSSR count). The van der Waals surface area contributed by atoms with Gasteiger partial charge in [-0.2, -0.15) is 0 Å². The SMILES string of the molecule is CNC(=O)[C@H]1CN(CC(=O)Nc2ccc(C(C)=O)cc2)c2ccccc2O1. The molecule has 0 aromatic heterocycles. The Morgan fingerprint density at radius 3 is 2.48 bits per heavy atom. The zero-order chi connectivity index (χ0) is 19.4. The topological polar surface area (TPSA) is 87.7 Å². The minimum Gasteiger partial charge on any atom is -0.477 e. The number of ether oxygens (including phenoxy) is 1. The van der Waals surface area contributed by atoms with Crippen molar-refractivity contribution in [1.82, 2.24) is 5.32 Å². The van der Waals surface area contributed by atoms with Crippen molar-refractivity contribution in [2.75, 3.05) is 30.4 Å². The number of nitrogens with one attached hydrogen (secondary N) is 2. The van der Waals surface area contributed by atoms with Crippen LogP contribution >= 0.6 is 0 Å². The number of ketones is 1. The summed E-state index contributed by atoms with van der Waals surface area (Å²) in [6.45, 7) is 1.84. The first kappa shape index (κ1) is 18.4. The Bertz CT molecular complexity index is 864. The molecule has 27 heavy (non-hydrogen) atoms. The van der Waals surface area contributed by atoms with Crippen molar-refractivity contribution in [3.8, 4) is 5.75 Å². The fraction of sp³-hybridized carbons (Fsp3) is 0.250. The van der Waals surface area contributed by atoms with E-state index in [2.05, 4.69) is 10.6 Å². The molecule has 0 unspecified atom stereocenters. The summed E-state index contributed by atoms with van der Waals surface area (Å²) < 4.78 is 5.73. The Balaban J connectivity index is 1.72. The largest absolute Gasteiger partial charge is 0.477 e. The second-order valence-electron chi connectivity index (χ2n) is 6.25. The molecule has 1 heterocycles. The number of para-hydroxylation sites is 2. The predicted octanol–water partition coefficient (Wildman–Crippen LogP) is 1.84. The first-order chi connectivity index (χ1) is 13.0. The lowest BCUT2D eigenvalue weighted by molar-refractivity contribution is -0.127. The van der Waals surface area contributed by atoms with E-state index in [0.29, 0.717) is 17.0 Å². The van der Waals surface area contributed by atoms with Crippen LogP contribution in [-0.2, 0) is 9.59 Å². The summed E-state index contributed by atoms with van der Waals surface area (Å²) in [5.74, 6) is 0.0710. The van der Waals surface area contributed by atoms with Crippen LogP contribution in [0.2, 0.25) is 0 Å². The van der Waals surface area contributed by atoms with Crippen LogP contribution < -0.4 is 20.3 Å². The fourth-order valence-corrected chi connectivity index (χ4v) is 2.92. The second kappa shape index (κ2) is 7.90. The Morgan fingerprint density at radius 2 is 1.81 bits per heavy atom. The molecule has 7 nitrogen and oxygen atoms in total. The first-order valence-corrected chi connectivity index (χ1v) is 8.61. The molecule has 1 aliphatic rings. The fourth-order valence-electron chi connectivity index (χ4n) is 2.92. The number of amides is 2. The molecule has 0 saturated heterocycles. The van der Waals surface area contributed by atoms with E-state index in [1.54, 1.807) is 37.4 Å². The standard InChI is InChI=1S/C20H21N3O4/c1-13(24)14-7-9-15(10-8-14)22-19(25)12-23-11-18(20(26)21-2)27-17-6-4-3-5-16(17)23/h3-10,18H,11-12H2,1-2H3,(H,21,26)(H,22,25)/t18-/m1/s1. The van der Waals surface area contributed by atoms with Crippen LogP contribution in [0.25, 0.3) is 0 Å². The third kappa shape index (κ3) is 4.25. The minimum absolute atomic E-state index is 0.0296. The van der Waals surface area contributed by atoms with Crippen molar-refractivity contribution in [3.05, 3.63) is 54.1 Å². The summed E-state index contributed by atoms with van der Waals surface area (Å²) >= 11 is 0. The summed E-state index contributed by atoms with van der Waals surface area (Å²) in [5.41, 5.74) is 1.96. The van der Waals surface area contributed by atoms with Crippen molar-refractivity contribution in [3.63, 3.8) is 0 Å². The highest BCUT2D eigenvalue weighted by Crippen LogP contribution is 2.32. The van der Waals surface area contributed by atoms with Gasteiger partial charge in [0.2, 0.25) is 5.91 Å². The van der Waals surface area contributed by atoms with Crippen LogP contribution in [0.1, 0.15) is 17.3 Å². The van der Waals surface area contributed by atoms with Gasteiger partial charge >= 0.3 is 0 Å². The zero-order valence-electron chi connectivity index (χ0n) is 15.2. The molecule has 2 N–H and O–H groups in total. The number of carbonyl (C=O) groups excluding carboxylic acids is 3. The van der Waals surface area contributed by atoms with Gasteiger partial charge in [-0.1, -0.05) is 12.1 Å². The van der Waals surface area contributed by atoms with Gasteiger partial charge in [-0.15, -0.1) is 0 Å². The maximum Gasteiger partial charge on any atom is 0.262 e. The molecule has 1 atom stereocenters. The third-order valence-corrected chi connectivity index (χ3v) is 4.31. The molecule has 2 aromatic rings. The van der Waals surface area contributed by atoms with Crippen molar-refractivity contribution < 1.29 is 19.1 Å². The van der Waals surface area contributed by atoms with Gasteiger partial charge in [-0.25, -0.2) is 0 Å². The lowest BCUT2D eigenvalue weighted by atomic mass is 10.1. The van der Waals surface area contributed by atoms with Crippen LogP contribution in [0.5, 0.6) is 5.75 Å². The quantitative estimate of drug-likeness (QED) is 0.788. The Labute approximate surface area is 157 Å². The van der Waals surface area contributed by atoms with E-state index < -0.39 is 6.10 Å². The second-order valence-corrected chi connectivity index (χ2v) is 6.25. The van der Waals surface area contributed by atoms with Gasteiger partial charge in [-0.05, 0) is 43.3 Å². The lowest BCUT2D eigenvalue weighted by Gasteiger charge is -2.34. The molecule has 1 aliphatic heterocycles. The average Bonchev–Trinajstić information content (AvgIpc) is 2.67. The van der Waals surface area contributed by atoms with E-state index in [1.807, 2.05) is 23.1 Å². The number of likely N-dealkylation sites (N-methyl/N-ethyl adjacent to an activating group) is 1. The molecule has 0 bridgehead atoms. The number of rotatable bonds is 5. The number of anilines is 2. The number of hydrogen-bond acceptors (Lipinski definition) is 5. The van der Waals surface area contributed by atoms with E-state index >= 15 is 0 Å². The molecule has 7 heteroatoms. The summed E-state index contributed by atoms with van der Waals surface area (Å²) in [4.78, 5) is 37.6. The zero-order valence-corrected chi connectivity index (χ0v) is 15.2. The molecule has 0 fully saturated rings. The van der Waals surface area contributed by atoms with Crippen LogP contribution in [-0.4, -0.2) is 43.8 Å². The van der Waals surface area contributed by atoms with Gasteiger partial charge in [0, 0.05) is 18.3 Å².